The molecular formula is C28H26Cl2N2O2. The number of allylic oxidation sites excluding steroid dienone is 2. The summed E-state index contributed by atoms with van der Waals surface area (Å²) in [4.78, 5) is 23.3. The van der Waals surface area contributed by atoms with Gasteiger partial charge in [-0.05, 0) is 42.3 Å². The number of nitrogen functional groups attached to an aromatic ring is 1. The second kappa shape index (κ2) is 11.3. The Kier molecular flexibility index (Phi) is 8.46. The first-order chi connectivity index (χ1) is 16.2. The van der Waals surface area contributed by atoms with Crippen molar-refractivity contribution in [1.82, 2.24) is 0 Å². The van der Waals surface area contributed by atoms with Crippen molar-refractivity contribution in [2.24, 2.45) is 5.73 Å². The Morgan fingerprint density at radius 2 is 1.38 bits per heavy atom. The molecule has 0 aromatic heterocycles. The third-order valence-electron chi connectivity index (χ3n) is 5.32. The minimum absolute atomic E-state index is 0.0349. The third kappa shape index (κ3) is 6.67. The maximum Gasteiger partial charge on any atom is 0.194 e. The van der Waals surface area contributed by atoms with Gasteiger partial charge in [-0.3, -0.25) is 9.59 Å². The lowest BCUT2D eigenvalue weighted by molar-refractivity contribution is 0.103. The van der Waals surface area contributed by atoms with E-state index in [1.165, 1.54) is 5.56 Å². The number of ketones is 2. The predicted octanol–water partition coefficient (Wildman–Crippen LogP) is 6.28. The number of hydrogen-bond acceptors (Lipinski definition) is 4. The molecular weight excluding hydrogens is 467 g/mol. The molecule has 1 unspecified atom stereocenters. The summed E-state index contributed by atoms with van der Waals surface area (Å²) in [6.07, 6.45) is 4.43. The highest BCUT2D eigenvalue weighted by Crippen LogP contribution is 2.32. The van der Waals surface area contributed by atoms with E-state index in [1.807, 2.05) is 42.5 Å². The lowest BCUT2D eigenvalue weighted by Crippen LogP contribution is -2.32. The highest BCUT2D eigenvalue weighted by Gasteiger charge is 2.27. The lowest BCUT2D eigenvalue weighted by Gasteiger charge is -2.22. The summed E-state index contributed by atoms with van der Waals surface area (Å²) in [5.74, 6) is -0.0772. The molecule has 0 bridgehead atoms. The molecule has 0 radical (unpaired) electrons. The smallest absolute Gasteiger partial charge is 0.194 e. The molecule has 1 aliphatic rings. The molecule has 1 aliphatic carbocycles. The number of carbonyl (C=O) groups is 2. The Morgan fingerprint density at radius 1 is 0.853 bits per heavy atom. The van der Waals surface area contributed by atoms with Crippen LogP contribution in [0.4, 0.5) is 5.69 Å². The average Bonchev–Trinajstić information content (AvgIpc) is 2.84. The number of alkyl halides is 1. The molecule has 0 saturated heterocycles. The quantitative estimate of drug-likeness (QED) is 0.190. The van der Waals surface area contributed by atoms with Gasteiger partial charge in [-0.15, -0.1) is 0 Å². The van der Waals surface area contributed by atoms with Crippen molar-refractivity contribution in [3.8, 4) is 0 Å². The minimum Gasteiger partial charge on any atom is -0.399 e. The zero-order valence-corrected chi connectivity index (χ0v) is 20.3. The molecule has 0 spiro atoms. The van der Waals surface area contributed by atoms with Gasteiger partial charge in [0.15, 0.2) is 11.6 Å². The summed E-state index contributed by atoms with van der Waals surface area (Å²) in [5, 5.41) is 0.402. The van der Waals surface area contributed by atoms with Crippen LogP contribution in [0.3, 0.4) is 0 Å². The summed E-state index contributed by atoms with van der Waals surface area (Å²) in [5.41, 5.74) is 15.7. The molecule has 4 nitrogen and oxygen atoms in total. The molecule has 0 heterocycles. The fourth-order valence-electron chi connectivity index (χ4n) is 3.34. The Hall–Kier alpha value is -3.18. The molecule has 0 saturated carbocycles. The van der Waals surface area contributed by atoms with Crippen LogP contribution in [0.15, 0.2) is 102 Å². The zero-order valence-electron chi connectivity index (χ0n) is 18.8. The monoisotopic (exact) mass is 492 g/mol. The van der Waals surface area contributed by atoms with E-state index < -0.39 is 5.00 Å². The Morgan fingerprint density at radius 3 is 1.91 bits per heavy atom. The SMILES string of the molecule is CCc1ccc(C(=O)c2ccc(N)cc2)cc1.NC1(Cl)C=CC(C(=O)c2ccccc2)=C(Cl)C1. The van der Waals surface area contributed by atoms with Crippen LogP contribution in [-0.2, 0) is 6.42 Å². The number of hydrogen-bond donors (Lipinski definition) is 2. The molecule has 3 aromatic carbocycles. The molecule has 4 rings (SSSR count). The minimum atomic E-state index is -0.989. The second-order valence-electron chi connectivity index (χ2n) is 7.95. The van der Waals surface area contributed by atoms with Crippen molar-refractivity contribution in [1.29, 1.82) is 0 Å². The summed E-state index contributed by atoms with van der Waals surface area (Å²) in [6.45, 7) is 2.09. The topological polar surface area (TPSA) is 86.2 Å². The normalized spacial score (nSPS) is 17.1. The van der Waals surface area contributed by atoms with Crippen molar-refractivity contribution in [2.75, 3.05) is 5.73 Å². The van der Waals surface area contributed by atoms with E-state index in [0.29, 0.717) is 33.0 Å². The van der Waals surface area contributed by atoms with E-state index in [9.17, 15) is 9.59 Å². The van der Waals surface area contributed by atoms with Crippen LogP contribution in [-0.4, -0.2) is 16.6 Å². The van der Waals surface area contributed by atoms with Crippen LogP contribution in [0.25, 0.3) is 0 Å². The van der Waals surface area contributed by atoms with Gasteiger partial charge in [-0.25, -0.2) is 0 Å². The number of carbonyl (C=O) groups excluding carboxylic acids is 2. The van der Waals surface area contributed by atoms with Gasteiger partial charge in [-0.2, -0.15) is 0 Å². The van der Waals surface area contributed by atoms with E-state index >= 15 is 0 Å². The van der Waals surface area contributed by atoms with E-state index in [-0.39, 0.29) is 18.0 Å². The lowest BCUT2D eigenvalue weighted by atomic mass is 9.96. The molecule has 0 amide bonds. The highest BCUT2D eigenvalue weighted by molar-refractivity contribution is 6.35. The number of anilines is 1. The Labute approximate surface area is 209 Å². The first-order valence-corrected chi connectivity index (χ1v) is 11.6. The van der Waals surface area contributed by atoms with Gasteiger partial charge < -0.3 is 11.5 Å². The van der Waals surface area contributed by atoms with E-state index in [0.717, 1.165) is 6.42 Å². The van der Waals surface area contributed by atoms with Gasteiger partial charge in [0.1, 0.15) is 5.00 Å². The highest BCUT2D eigenvalue weighted by atomic mass is 35.5. The van der Waals surface area contributed by atoms with Crippen LogP contribution in [0.1, 0.15) is 45.2 Å². The van der Waals surface area contributed by atoms with Gasteiger partial charge in [-0.1, -0.05) is 90.8 Å². The maximum atomic E-state index is 12.1. The number of aryl methyl sites for hydroxylation is 1. The van der Waals surface area contributed by atoms with Crippen LogP contribution < -0.4 is 11.5 Å². The van der Waals surface area contributed by atoms with E-state index in [1.54, 1.807) is 48.6 Å². The van der Waals surface area contributed by atoms with Gasteiger partial charge in [0, 0.05) is 39.4 Å². The van der Waals surface area contributed by atoms with Gasteiger partial charge in [0.2, 0.25) is 0 Å². The fraction of sp³-hybridized carbons (Fsp3) is 0.143. The molecule has 0 aliphatic heterocycles. The largest absolute Gasteiger partial charge is 0.399 e. The van der Waals surface area contributed by atoms with Crippen LogP contribution in [0.5, 0.6) is 0 Å². The van der Waals surface area contributed by atoms with E-state index in [4.69, 9.17) is 34.7 Å². The summed E-state index contributed by atoms with van der Waals surface area (Å²) < 4.78 is 0. The van der Waals surface area contributed by atoms with Crippen molar-refractivity contribution in [3.63, 3.8) is 0 Å². The average molecular weight is 493 g/mol. The number of benzene rings is 3. The Bertz CT molecular complexity index is 1210. The third-order valence-corrected chi connectivity index (χ3v) is 5.92. The number of halogens is 2. The first kappa shape index (κ1) is 25.4. The second-order valence-corrected chi connectivity index (χ2v) is 9.11. The number of rotatable bonds is 5. The van der Waals surface area contributed by atoms with E-state index in [2.05, 4.69) is 6.92 Å². The van der Waals surface area contributed by atoms with Gasteiger partial charge in [0.25, 0.3) is 0 Å². The maximum absolute atomic E-state index is 12.1. The standard InChI is InChI=1S/C15H15NO.C13H11Cl2NO/c1-2-11-3-5-12(6-4-11)15(17)13-7-9-14(16)10-8-13;14-11-8-13(15,16)7-6-10(11)12(17)9-4-2-1-3-5-9/h3-10H,2,16H2,1H3;1-7H,8,16H2. The fourth-order valence-corrected chi connectivity index (χ4v) is 3.98. The van der Waals surface area contributed by atoms with Crippen molar-refractivity contribution >= 4 is 40.5 Å². The molecule has 6 heteroatoms. The van der Waals surface area contributed by atoms with Crippen LogP contribution in [0, 0.1) is 0 Å². The molecule has 174 valence electrons. The van der Waals surface area contributed by atoms with Crippen molar-refractivity contribution in [2.45, 2.75) is 24.8 Å². The van der Waals surface area contributed by atoms with Crippen molar-refractivity contribution < 1.29 is 9.59 Å². The molecule has 34 heavy (non-hydrogen) atoms. The molecule has 0 fully saturated rings. The number of nitrogens with two attached hydrogens (primary N) is 2. The van der Waals surface area contributed by atoms with Gasteiger partial charge >= 0.3 is 0 Å². The summed E-state index contributed by atoms with van der Waals surface area (Å²) in [7, 11) is 0. The first-order valence-electron chi connectivity index (χ1n) is 10.8. The van der Waals surface area contributed by atoms with Gasteiger partial charge in [0.05, 0.1) is 0 Å². The van der Waals surface area contributed by atoms with Crippen molar-refractivity contribution in [3.05, 3.63) is 124 Å². The van der Waals surface area contributed by atoms with Crippen LogP contribution in [0.2, 0.25) is 0 Å². The zero-order chi connectivity index (χ0) is 24.7. The summed E-state index contributed by atoms with van der Waals surface area (Å²) in [6, 6.07) is 23.7. The summed E-state index contributed by atoms with van der Waals surface area (Å²) >= 11 is 12.0. The number of Topliss-reactive ketones (excluding diaryl/α,β-unsaturated/α-hetero) is 1. The predicted molar refractivity (Wildman–Crippen MR) is 140 cm³/mol. The molecule has 3 aromatic rings. The Balaban J connectivity index is 0.000000191. The molecule has 4 N–H and O–H groups in total. The molecule has 1 atom stereocenters. The van der Waals surface area contributed by atoms with Crippen LogP contribution >= 0.6 is 23.2 Å².